The minimum atomic E-state index is -4.56. The van der Waals surface area contributed by atoms with Gasteiger partial charge in [0.1, 0.15) is 5.75 Å². The number of ether oxygens (including phenoxy) is 2. The highest BCUT2D eigenvalue weighted by Gasteiger charge is 2.31. The van der Waals surface area contributed by atoms with E-state index in [1.165, 1.54) is 32.2 Å². The summed E-state index contributed by atoms with van der Waals surface area (Å²) in [6.45, 7) is 1.49. The number of hydrogen-bond acceptors (Lipinski definition) is 5. The quantitative estimate of drug-likeness (QED) is 0.597. The van der Waals surface area contributed by atoms with Gasteiger partial charge >= 0.3 is 17.9 Å². The molecule has 0 fully saturated rings. The highest BCUT2D eigenvalue weighted by molar-refractivity contribution is 6.32. The summed E-state index contributed by atoms with van der Waals surface area (Å²) in [7, 11) is 1.22. The van der Waals surface area contributed by atoms with E-state index in [4.69, 9.17) is 20.8 Å². The molecule has 6 nitrogen and oxygen atoms in total. The average molecular weight is 416 g/mol. The Balaban J connectivity index is 2.03. The molecule has 2 aromatic carbocycles. The van der Waals surface area contributed by atoms with E-state index in [1.807, 2.05) is 0 Å². The van der Waals surface area contributed by atoms with Gasteiger partial charge in [0.25, 0.3) is 0 Å². The number of oxazole rings is 1. The minimum Gasteiger partial charge on any atom is -0.479 e. The number of esters is 1. The Bertz CT molecular complexity index is 1100. The largest absolute Gasteiger partial charge is 0.479 e. The number of methoxy groups -OCH3 is 1. The molecular weight excluding hydrogens is 403 g/mol. The van der Waals surface area contributed by atoms with Crippen molar-refractivity contribution in [2.75, 3.05) is 7.11 Å². The van der Waals surface area contributed by atoms with Crippen LogP contribution in [0.4, 0.5) is 13.2 Å². The maximum absolute atomic E-state index is 12.8. The first-order valence-electron chi connectivity index (χ1n) is 7.89. The molecule has 148 valence electrons. The normalized spacial score (nSPS) is 12.8. The van der Waals surface area contributed by atoms with E-state index in [9.17, 15) is 22.8 Å². The zero-order chi connectivity index (χ0) is 20.6. The van der Waals surface area contributed by atoms with Gasteiger partial charge in [-0.15, -0.1) is 0 Å². The highest BCUT2D eigenvalue weighted by Crippen LogP contribution is 2.34. The molecule has 10 heteroatoms. The van der Waals surface area contributed by atoms with Crippen molar-refractivity contribution in [2.45, 2.75) is 19.2 Å². The van der Waals surface area contributed by atoms with Gasteiger partial charge in [0, 0.05) is 6.07 Å². The fourth-order valence-electron chi connectivity index (χ4n) is 2.58. The minimum absolute atomic E-state index is 0.0370. The van der Waals surface area contributed by atoms with Gasteiger partial charge in [-0.1, -0.05) is 11.6 Å². The van der Waals surface area contributed by atoms with E-state index in [0.717, 1.165) is 22.8 Å². The van der Waals surface area contributed by atoms with Gasteiger partial charge in [-0.3, -0.25) is 0 Å². The number of nitrogens with zero attached hydrogens (tertiary/aromatic N) is 1. The van der Waals surface area contributed by atoms with Gasteiger partial charge in [0.15, 0.2) is 11.7 Å². The van der Waals surface area contributed by atoms with Crippen molar-refractivity contribution in [3.05, 3.63) is 57.5 Å². The number of alkyl halides is 3. The molecule has 0 saturated heterocycles. The van der Waals surface area contributed by atoms with Crippen LogP contribution in [0.5, 0.6) is 5.75 Å². The number of carbonyl (C=O) groups excluding carboxylic acids is 1. The van der Waals surface area contributed by atoms with Gasteiger partial charge in [-0.25, -0.2) is 14.2 Å². The van der Waals surface area contributed by atoms with E-state index < -0.39 is 29.6 Å². The molecule has 0 aliphatic rings. The molecule has 0 spiro atoms. The molecule has 0 N–H and O–H groups in total. The van der Waals surface area contributed by atoms with Crippen molar-refractivity contribution in [1.82, 2.24) is 4.57 Å². The van der Waals surface area contributed by atoms with Gasteiger partial charge in [0.2, 0.25) is 0 Å². The van der Waals surface area contributed by atoms with E-state index in [2.05, 4.69) is 4.74 Å². The van der Waals surface area contributed by atoms with E-state index >= 15 is 0 Å². The predicted molar refractivity (Wildman–Crippen MR) is 93.9 cm³/mol. The summed E-state index contributed by atoms with van der Waals surface area (Å²) < 4.78 is 54.6. The first kappa shape index (κ1) is 19.8. The van der Waals surface area contributed by atoms with Crippen molar-refractivity contribution < 1.29 is 31.9 Å². The topological polar surface area (TPSA) is 70.7 Å². The third-order valence-electron chi connectivity index (χ3n) is 3.91. The van der Waals surface area contributed by atoms with Crippen LogP contribution < -0.4 is 10.5 Å². The van der Waals surface area contributed by atoms with E-state index in [0.29, 0.717) is 0 Å². The lowest BCUT2D eigenvalue weighted by molar-refractivity contribution is -0.147. The molecule has 0 amide bonds. The lowest BCUT2D eigenvalue weighted by Crippen LogP contribution is -2.24. The van der Waals surface area contributed by atoms with Gasteiger partial charge < -0.3 is 13.9 Å². The molecule has 0 aliphatic carbocycles. The fourth-order valence-corrected chi connectivity index (χ4v) is 2.85. The first-order valence-corrected chi connectivity index (χ1v) is 8.27. The molecule has 0 bridgehead atoms. The molecule has 1 aromatic heterocycles. The van der Waals surface area contributed by atoms with Crippen molar-refractivity contribution >= 4 is 28.7 Å². The Labute approximate surface area is 161 Å². The second kappa shape index (κ2) is 7.23. The Morgan fingerprint density at radius 2 is 1.93 bits per heavy atom. The highest BCUT2D eigenvalue weighted by atomic mass is 35.5. The van der Waals surface area contributed by atoms with Gasteiger partial charge in [-0.2, -0.15) is 13.2 Å². The predicted octanol–water partition coefficient (Wildman–Crippen LogP) is 4.20. The van der Waals surface area contributed by atoms with Crippen LogP contribution in [0, 0.1) is 0 Å². The molecule has 0 radical (unpaired) electrons. The van der Waals surface area contributed by atoms with Crippen LogP contribution in [-0.2, 0) is 15.7 Å². The van der Waals surface area contributed by atoms with Gasteiger partial charge in [-0.05, 0) is 37.3 Å². The monoisotopic (exact) mass is 415 g/mol. The van der Waals surface area contributed by atoms with Crippen molar-refractivity contribution in [3.8, 4) is 11.4 Å². The fraction of sp³-hybridized carbons (Fsp3) is 0.222. The number of fused-ring (bicyclic) bond motifs is 1. The van der Waals surface area contributed by atoms with Crippen molar-refractivity contribution in [1.29, 1.82) is 0 Å². The lowest BCUT2D eigenvalue weighted by atomic mass is 10.2. The van der Waals surface area contributed by atoms with Crippen LogP contribution in [0.25, 0.3) is 16.8 Å². The van der Waals surface area contributed by atoms with Crippen molar-refractivity contribution in [2.24, 2.45) is 0 Å². The second-order valence-electron chi connectivity index (χ2n) is 5.78. The zero-order valence-corrected chi connectivity index (χ0v) is 15.3. The average Bonchev–Trinajstić information content (AvgIpc) is 2.95. The molecule has 1 atom stereocenters. The van der Waals surface area contributed by atoms with E-state index in [-0.39, 0.29) is 27.6 Å². The summed E-state index contributed by atoms with van der Waals surface area (Å²) in [5.41, 5.74) is -0.523. The van der Waals surface area contributed by atoms with Gasteiger partial charge in [0.05, 0.1) is 28.9 Å². The maximum Gasteiger partial charge on any atom is 0.424 e. The number of carbonyl (C=O) groups is 1. The van der Waals surface area contributed by atoms with Crippen LogP contribution in [-0.4, -0.2) is 23.8 Å². The van der Waals surface area contributed by atoms with Crippen LogP contribution in [0.3, 0.4) is 0 Å². The maximum atomic E-state index is 12.8. The molecule has 0 aliphatic heterocycles. The molecule has 1 heterocycles. The number of rotatable bonds is 4. The lowest BCUT2D eigenvalue weighted by Gasteiger charge is -2.12. The summed E-state index contributed by atoms with van der Waals surface area (Å²) in [5, 5.41) is -0.265. The summed E-state index contributed by atoms with van der Waals surface area (Å²) in [5.74, 6) is -1.18. The number of aromatic nitrogens is 1. The Morgan fingerprint density at radius 1 is 1.21 bits per heavy atom. The number of hydrogen-bond donors (Lipinski definition) is 0. The summed E-state index contributed by atoms with van der Waals surface area (Å²) in [4.78, 5) is 23.7. The van der Waals surface area contributed by atoms with Crippen LogP contribution in [0.2, 0.25) is 5.02 Å². The molecule has 3 rings (SSSR count). The standard InChI is InChI=1S/C18H13ClF3NO5/c1-9(16(24)26-2)27-11-4-6-14-15(8-11)28-17(25)23(14)13-5-3-10(7-12(13)19)18(20,21)22/h3-9H,1-2H3. The smallest absolute Gasteiger partial charge is 0.424 e. The second-order valence-corrected chi connectivity index (χ2v) is 6.19. The van der Waals surface area contributed by atoms with Crippen LogP contribution in [0.15, 0.2) is 45.6 Å². The van der Waals surface area contributed by atoms with E-state index in [1.54, 1.807) is 0 Å². The van der Waals surface area contributed by atoms with Crippen LogP contribution >= 0.6 is 11.6 Å². The summed E-state index contributed by atoms with van der Waals surface area (Å²) in [6.07, 6.45) is -5.45. The Hall–Kier alpha value is -2.94. The third-order valence-corrected chi connectivity index (χ3v) is 4.22. The zero-order valence-electron chi connectivity index (χ0n) is 14.5. The summed E-state index contributed by atoms with van der Waals surface area (Å²) >= 11 is 5.97. The molecule has 28 heavy (non-hydrogen) atoms. The van der Waals surface area contributed by atoms with Crippen molar-refractivity contribution in [3.63, 3.8) is 0 Å². The molecule has 1 unspecified atom stereocenters. The number of benzene rings is 2. The summed E-state index contributed by atoms with van der Waals surface area (Å²) in [6, 6.07) is 6.97. The first-order chi connectivity index (χ1) is 13.1. The Kier molecular flexibility index (Phi) is 5.12. The molecular formula is C18H13ClF3NO5. The number of halogens is 4. The SMILES string of the molecule is COC(=O)C(C)Oc1ccc2c(c1)oc(=O)n2-c1ccc(C(F)(F)F)cc1Cl. The third kappa shape index (κ3) is 3.70. The van der Waals surface area contributed by atoms with Crippen LogP contribution in [0.1, 0.15) is 12.5 Å². The molecule has 0 saturated carbocycles. The Morgan fingerprint density at radius 3 is 2.54 bits per heavy atom. The molecule has 3 aromatic rings.